The zero-order valence-electron chi connectivity index (χ0n) is 9.64. The second-order valence-corrected chi connectivity index (χ2v) is 4.24. The molecule has 3 unspecified atom stereocenters. The molecule has 1 fully saturated rings. The van der Waals surface area contributed by atoms with Crippen molar-refractivity contribution in [1.29, 1.82) is 0 Å². The lowest BCUT2D eigenvalue weighted by molar-refractivity contribution is -0.113. The van der Waals surface area contributed by atoms with E-state index in [2.05, 4.69) is 18.7 Å². The van der Waals surface area contributed by atoms with Crippen molar-refractivity contribution in [2.45, 2.75) is 18.9 Å². The summed E-state index contributed by atoms with van der Waals surface area (Å²) in [4.78, 5) is 11.3. The van der Waals surface area contributed by atoms with Gasteiger partial charge in [-0.25, -0.2) is 0 Å². The molecule has 0 radical (unpaired) electrons. The molecule has 2 rings (SSSR count). The fourth-order valence-electron chi connectivity index (χ4n) is 2.30. The molecule has 0 heterocycles. The highest BCUT2D eigenvalue weighted by molar-refractivity contribution is 5.94. The molecule has 0 amide bonds. The van der Waals surface area contributed by atoms with Crippen molar-refractivity contribution >= 4 is 5.78 Å². The van der Waals surface area contributed by atoms with E-state index in [0.29, 0.717) is 11.5 Å². The minimum atomic E-state index is 0.0606. The third kappa shape index (κ3) is 1.81. The van der Waals surface area contributed by atoms with Crippen LogP contribution in [0, 0.1) is 5.92 Å². The lowest BCUT2D eigenvalue weighted by Crippen LogP contribution is -2.01. The number of benzene rings is 1. The first-order valence-corrected chi connectivity index (χ1v) is 5.44. The topological polar surface area (TPSA) is 26.3 Å². The molecule has 84 valence electrons. The van der Waals surface area contributed by atoms with Crippen LogP contribution in [0.25, 0.3) is 0 Å². The van der Waals surface area contributed by atoms with Crippen LogP contribution in [-0.4, -0.2) is 19.0 Å². The number of rotatable bonds is 4. The normalized spacial score (nSPS) is 27.5. The Morgan fingerprint density at radius 3 is 2.44 bits per heavy atom. The van der Waals surface area contributed by atoms with E-state index in [0.717, 1.165) is 0 Å². The highest BCUT2D eigenvalue weighted by Crippen LogP contribution is 2.53. The van der Waals surface area contributed by atoms with Gasteiger partial charge in [0.25, 0.3) is 0 Å². The van der Waals surface area contributed by atoms with Crippen LogP contribution in [0.15, 0.2) is 42.5 Å². The van der Waals surface area contributed by atoms with Gasteiger partial charge in [0.15, 0.2) is 5.78 Å². The van der Waals surface area contributed by atoms with Gasteiger partial charge in [0, 0.05) is 18.9 Å². The van der Waals surface area contributed by atoms with Gasteiger partial charge in [0.1, 0.15) is 0 Å². The first kappa shape index (κ1) is 11.1. The van der Waals surface area contributed by atoms with Crippen LogP contribution in [0.4, 0.5) is 0 Å². The van der Waals surface area contributed by atoms with Gasteiger partial charge in [0.2, 0.25) is 0 Å². The van der Waals surface area contributed by atoms with Crippen LogP contribution in [0.2, 0.25) is 0 Å². The van der Waals surface area contributed by atoms with Gasteiger partial charge in [-0.1, -0.05) is 36.9 Å². The zero-order valence-corrected chi connectivity index (χ0v) is 9.64. The molecule has 1 aliphatic carbocycles. The first-order chi connectivity index (χ1) is 7.66. The second-order valence-electron chi connectivity index (χ2n) is 4.24. The van der Waals surface area contributed by atoms with E-state index >= 15 is 0 Å². The standard InChI is InChI=1S/C14H16O2/c1-9(10(2)15)12-13(14(12)16-3)11-7-5-4-6-8-11/h4-8,12-14H,1H2,2-3H3. The number of hydrogen-bond acceptors (Lipinski definition) is 2. The van der Waals surface area contributed by atoms with Gasteiger partial charge in [-0.3, -0.25) is 4.79 Å². The Labute approximate surface area is 95.9 Å². The zero-order chi connectivity index (χ0) is 11.7. The Bertz CT molecular complexity index is 408. The third-order valence-electron chi connectivity index (χ3n) is 3.27. The van der Waals surface area contributed by atoms with Gasteiger partial charge < -0.3 is 4.74 Å². The Kier molecular flexibility index (Phi) is 2.92. The Hall–Kier alpha value is -1.41. The summed E-state index contributed by atoms with van der Waals surface area (Å²) in [6, 6.07) is 10.2. The Balaban J connectivity index is 2.19. The molecule has 0 aliphatic heterocycles. The molecule has 16 heavy (non-hydrogen) atoms. The maximum atomic E-state index is 11.3. The lowest BCUT2D eigenvalue weighted by Gasteiger charge is -1.99. The van der Waals surface area contributed by atoms with Gasteiger partial charge in [-0.2, -0.15) is 0 Å². The van der Waals surface area contributed by atoms with E-state index in [1.807, 2.05) is 18.2 Å². The summed E-state index contributed by atoms with van der Waals surface area (Å²) in [5.41, 5.74) is 1.91. The molecule has 3 atom stereocenters. The molecule has 0 bridgehead atoms. The van der Waals surface area contributed by atoms with Crippen molar-refractivity contribution in [3.63, 3.8) is 0 Å². The largest absolute Gasteiger partial charge is 0.380 e. The van der Waals surface area contributed by atoms with E-state index in [1.165, 1.54) is 5.56 Å². The van der Waals surface area contributed by atoms with E-state index in [4.69, 9.17) is 4.74 Å². The first-order valence-electron chi connectivity index (χ1n) is 5.44. The van der Waals surface area contributed by atoms with Crippen molar-refractivity contribution < 1.29 is 9.53 Å². The summed E-state index contributed by atoms with van der Waals surface area (Å²) in [5.74, 6) is 0.512. The fraction of sp³-hybridized carbons (Fsp3) is 0.357. The molecular formula is C14H16O2. The summed E-state index contributed by atoms with van der Waals surface area (Å²) < 4.78 is 5.40. The number of carbonyl (C=O) groups excluding carboxylic acids is 1. The highest BCUT2D eigenvalue weighted by atomic mass is 16.5. The molecule has 0 N–H and O–H groups in total. The summed E-state index contributed by atoms with van der Waals surface area (Å²) in [5, 5.41) is 0. The van der Waals surface area contributed by atoms with E-state index < -0.39 is 0 Å². The molecule has 1 aliphatic rings. The predicted molar refractivity (Wildman–Crippen MR) is 63.3 cm³/mol. The van der Waals surface area contributed by atoms with E-state index in [-0.39, 0.29) is 17.8 Å². The van der Waals surface area contributed by atoms with Crippen LogP contribution < -0.4 is 0 Å². The molecule has 2 heteroatoms. The minimum Gasteiger partial charge on any atom is -0.380 e. The third-order valence-corrected chi connectivity index (χ3v) is 3.27. The van der Waals surface area contributed by atoms with Crippen molar-refractivity contribution in [2.24, 2.45) is 5.92 Å². The number of carbonyl (C=O) groups is 1. The molecule has 0 spiro atoms. The van der Waals surface area contributed by atoms with Gasteiger partial charge >= 0.3 is 0 Å². The lowest BCUT2D eigenvalue weighted by atomic mass is 10.0. The second kappa shape index (κ2) is 4.22. The van der Waals surface area contributed by atoms with Gasteiger partial charge in [-0.05, 0) is 18.1 Å². The fourth-order valence-corrected chi connectivity index (χ4v) is 2.30. The molecule has 1 aromatic rings. The van der Waals surface area contributed by atoms with Crippen molar-refractivity contribution in [2.75, 3.05) is 7.11 Å². The molecule has 1 aromatic carbocycles. The summed E-state index contributed by atoms with van der Waals surface area (Å²) in [6.07, 6.45) is 0.110. The van der Waals surface area contributed by atoms with E-state index in [1.54, 1.807) is 14.0 Å². The Morgan fingerprint density at radius 2 is 1.94 bits per heavy atom. The Morgan fingerprint density at radius 1 is 1.31 bits per heavy atom. The van der Waals surface area contributed by atoms with Crippen molar-refractivity contribution in [1.82, 2.24) is 0 Å². The average molecular weight is 216 g/mol. The number of Topliss-reactive ketones (excluding diaryl/α,β-unsaturated/α-hetero) is 1. The molecule has 1 saturated carbocycles. The summed E-state index contributed by atoms with van der Waals surface area (Å²) in [6.45, 7) is 5.43. The highest BCUT2D eigenvalue weighted by Gasteiger charge is 2.53. The predicted octanol–water partition coefficient (Wildman–Crippen LogP) is 2.56. The van der Waals surface area contributed by atoms with Gasteiger partial charge in [0.05, 0.1) is 6.10 Å². The number of ether oxygens (including phenoxy) is 1. The summed E-state index contributed by atoms with van der Waals surface area (Å²) in [7, 11) is 1.69. The van der Waals surface area contributed by atoms with Crippen LogP contribution >= 0.6 is 0 Å². The van der Waals surface area contributed by atoms with Crippen molar-refractivity contribution in [3.8, 4) is 0 Å². The smallest absolute Gasteiger partial charge is 0.155 e. The molecule has 2 nitrogen and oxygen atoms in total. The van der Waals surface area contributed by atoms with Crippen LogP contribution in [-0.2, 0) is 9.53 Å². The van der Waals surface area contributed by atoms with Gasteiger partial charge in [-0.15, -0.1) is 0 Å². The number of methoxy groups -OCH3 is 1. The molecule has 0 saturated heterocycles. The monoisotopic (exact) mass is 216 g/mol. The van der Waals surface area contributed by atoms with Crippen LogP contribution in [0.3, 0.4) is 0 Å². The SMILES string of the molecule is C=C(C(C)=O)C1C(OC)C1c1ccccc1. The quantitative estimate of drug-likeness (QED) is 0.723. The summed E-state index contributed by atoms with van der Waals surface area (Å²) >= 11 is 0. The van der Waals surface area contributed by atoms with Crippen LogP contribution in [0.5, 0.6) is 0 Å². The average Bonchev–Trinajstić information content (AvgIpc) is 3.03. The van der Waals surface area contributed by atoms with Crippen molar-refractivity contribution in [3.05, 3.63) is 48.0 Å². The molecular weight excluding hydrogens is 200 g/mol. The maximum Gasteiger partial charge on any atom is 0.155 e. The minimum absolute atomic E-state index is 0.0606. The maximum absolute atomic E-state index is 11.3. The number of hydrogen-bond donors (Lipinski definition) is 0. The molecule has 0 aromatic heterocycles. The van der Waals surface area contributed by atoms with Crippen LogP contribution in [0.1, 0.15) is 18.4 Å². The number of ketones is 1. The van der Waals surface area contributed by atoms with E-state index in [9.17, 15) is 4.79 Å².